The lowest BCUT2D eigenvalue weighted by atomic mass is 10.0. The second kappa shape index (κ2) is 9.98. The summed E-state index contributed by atoms with van der Waals surface area (Å²) < 4.78 is 5.95. The van der Waals surface area contributed by atoms with Gasteiger partial charge in [0, 0.05) is 11.3 Å². The van der Waals surface area contributed by atoms with Crippen molar-refractivity contribution in [2.75, 3.05) is 5.75 Å². The van der Waals surface area contributed by atoms with E-state index in [1.807, 2.05) is 66.7 Å². The van der Waals surface area contributed by atoms with Crippen molar-refractivity contribution in [2.24, 2.45) is 0 Å². The number of fused-ring (bicyclic) bond motifs is 1. The van der Waals surface area contributed by atoms with Gasteiger partial charge in [0.25, 0.3) is 11.8 Å². The molecule has 8 heteroatoms. The number of nitrogens with zero attached hydrogens (tertiary/aromatic N) is 1. The first-order valence-electron chi connectivity index (χ1n) is 11.0. The molecule has 0 radical (unpaired) electrons. The molecule has 3 aromatic rings. The second-order valence-electron chi connectivity index (χ2n) is 8.09. The van der Waals surface area contributed by atoms with Crippen molar-refractivity contribution in [3.8, 4) is 0 Å². The summed E-state index contributed by atoms with van der Waals surface area (Å²) in [6.07, 6.45) is -0.667. The average Bonchev–Trinajstić information content (AvgIpc) is 2.91. The first kappa shape index (κ1) is 23.2. The van der Waals surface area contributed by atoms with Crippen LogP contribution in [-0.4, -0.2) is 39.9 Å². The Balaban J connectivity index is 1.36. The second-order valence-corrected chi connectivity index (χ2v) is 9.65. The van der Waals surface area contributed by atoms with E-state index in [1.165, 1.54) is 16.7 Å². The Bertz CT molecular complexity index is 1240. The third kappa shape index (κ3) is 4.57. The lowest BCUT2D eigenvalue weighted by Crippen LogP contribution is -2.70. The molecule has 2 atom stereocenters. The third-order valence-corrected chi connectivity index (χ3v) is 7.62. The number of nitrogens with one attached hydrogen (secondary N) is 1. The molecule has 5 rings (SSSR count). The SMILES string of the molecule is O=C(OC(c1ccccc1)c1ccccc1)C1=C(Cl)CS[C@@H]2C(NC(=O)c3ccccc3)C(=O)N12. The minimum Gasteiger partial charge on any atom is -0.448 e. The van der Waals surface area contributed by atoms with Crippen LogP contribution in [0.25, 0.3) is 0 Å². The van der Waals surface area contributed by atoms with Gasteiger partial charge in [-0.05, 0) is 23.3 Å². The number of amides is 2. The van der Waals surface area contributed by atoms with Crippen molar-refractivity contribution in [3.05, 3.63) is 118 Å². The van der Waals surface area contributed by atoms with Gasteiger partial charge in [0.15, 0.2) is 6.10 Å². The van der Waals surface area contributed by atoms with Gasteiger partial charge >= 0.3 is 5.97 Å². The molecule has 0 bridgehead atoms. The number of esters is 1. The first-order chi connectivity index (χ1) is 17.0. The van der Waals surface area contributed by atoms with Crippen molar-refractivity contribution in [1.82, 2.24) is 10.2 Å². The van der Waals surface area contributed by atoms with Gasteiger partial charge in [-0.25, -0.2) is 4.79 Å². The number of thioether (sulfide) groups is 1. The number of rotatable bonds is 6. The number of carbonyl (C=O) groups is 3. The monoisotopic (exact) mass is 504 g/mol. The van der Waals surface area contributed by atoms with Crippen LogP contribution in [0, 0.1) is 0 Å². The molecule has 0 aliphatic carbocycles. The van der Waals surface area contributed by atoms with Crippen LogP contribution in [0.15, 0.2) is 102 Å². The van der Waals surface area contributed by atoms with Gasteiger partial charge in [-0.2, -0.15) is 0 Å². The quantitative estimate of drug-likeness (QED) is 0.395. The van der Waals surface area contributed by atoms with Gasteiger partial charge in [-0.15, -0.1) is 11.8 Å². The van der Waals surface area contributed by atoms with Crippen molar-refractivity contribution in [2.45, 2.75) is 17.5 Å². The molecule has 2 heterocycles. The van der Waals surface area contributed by atoms with E-state index in [-0.39, 0.29) is 16.6 Å². The molecule has 3 aromatic carbocycles. The smallest absolute Gasteiger partial charge is 0.357 e. The summed E-state index contributed by atoms with van der Waals surface area (Å²) in [7, 11) is 0. The Morgan fingerprint density at radius 1 is 0.914 bits per heavy atom. The van der Waals surface area contributed by atoms with Crippen LogP contribution in [0.3, 0.4) is 0 Å². The topological polar surface area (TPSA) is 75.7 Å². The molecule has 0 saturated carbocycles. The third-order valence-electron chi connectivity index (χ3n) is 5.87. The van der Waals surface area contributed by atoms with Gasteiger partial charge < -0.3 is 10.1 Å². The Labute approximate surface area is 211 Å². The van der Waals surface area contributed by atoms with Crippen molar-refractivity contribution >= 4 is 41.1 Å². The predicted molar refractivity (Wildman–Crippen MR) is 134 cm³/mol. The Hall–Kier alpha value is -3.55. The molecule has 2 aliphatic heterocycles. The molecule has 35 heavy (non-hydrogen) atoms. The summed E-state index contributed by atoms with van der Waals surface area (Å²) in [5.74, 6) is -1.09. The minimum absolute atomic E-state index is 0.0301. The molecular formula is C27H21ClN2O4S. The van der Waals surface area contributed by atoms with E-state index >= 15 is 0 Å². The molecule has 2 amide bonds. The van der Waals surface area contributed by atoms with E-state index in [1.54, 1.807) is 24.3 Å². The Kier molecular flexibility index (Phi) is 6.61. The summed E-state index contributed by atoms with van der Waals surface area (Å²) in [4.78, 5) is 40.4. The van der Waals surface area contributed by atoms with Crippen LogP contribution in [0.2, 0.25) is 0 Å². The number of halogens is 1. The number of hydrogen-bond acceptors (Lipinski definition) is 5. The first-order valence-corrected chi connectivity index (χ1v) is 12.5. The van der Waals surface area contributed by atoms with Crippen LogP contribution in [0.5, 0.6) is 0 Å². The maximum Gasteiger partial charge on any atom is 0.357 e. The van der Waals surface area contributed by atoms with Crippen molar-refractivity contribution in [3.63, 3.8) is 0 Å². The molecule has 1 N–H and O–H groups in total. The van der Waals surface area contributed by atoms with E-state index in [0.29, 0.717) is 11.3 Å². The normalized spacial score (nSPS) is 19.1. The largest absolute Gasteiger partial charge is 0.448 e. The lowest BCUT2D eigenvalue weighted by Gasteiger charge is -2.49. The standard InChI is InChI=1S/C27H21ClN2O4S/c28-20-16-35-26-21(29-24(31)19-14-8-3-9-15-19)25(32)30(26)22(20)27(33)34-23(17-10-4-1-5-11-17)18-12-6-2-7-13-18/h1-15,21,23,26H,16H2,(H,29,31)/t21?,26-/m1/s1. The van der Waals surface area contributed by atoms with E-state index in [0.717, 1.165) is 11.1 Å². The van der Waals surface area contributed by atoms with E-state index in [2.05, 4.69) is 5.32 Å². The highest BCUT2D eigenvalue weighted by molar-refractivity contribution is 8.00. The maximum atomic E-state index is 13.4. The zero-order chi connectivity index (χ0) is 24.4. The number of hydrogen-bond donors (Lipinski definition) is 1. The lowest BCUT2D eigenvalue weighted by molar-refractivity contribution is -0.153. The van der Waals surface area contributed by atoms with Crippen LogP contribution < -0.4 is 5.32 Å². The molecule has 0 spiro atoms. The van der Waals surface area contributed by atoms with E-state index in [4.69, 9.17) is 16.3 Å². The summed E-state index contributed by atoms with van der Waals surface area (Å²) in [5, 5.41) is 2.59. The van der Waals surface area contributed by atoms with Crippen LogP contribution in [-0.2, 0) is 14.3 Å². The van der Waals surface area contributed by atoms with Crippen molar-refractivity contribution < 1.29 is 19.1 Å². The highest BCUT2D eigenvalue weighted by Crippen LogP contribution is 2.42. The maximum absolute atomic E-state index is 13.4. The molecule has 1 saturated heterocycles. The molecule has 6 nitrogen and oxygen atoms in total. The molecule has 0 aromatic heterocycles. The number of ether oxygens (including phenoxy) is 1. The zero-order valence-corrected chi connectivity index (χ0v) is 20.0. The fraction of sp³-hybridized carbons (Fsp3) is 0.148. The molecule has 1 unspecified atom stereocenters. The minimum atomic E-state index is -0.751. The molecular weight excluding hydrogens is 484 g/mol. The van der Waals surface area contributed by atoms with Gasteiger partial charge in [0.05, 0.1) is 5.03 Å². The fourth-order valence-corrected chi connectivity index (χ4v) is 5.68. The number of benzene rings is 3. The Morgan fingerprint density at radius 3 is 2.03 bits per heavy atom. The van der Waals surface area contributed by atoms with Gasteiger partial charge in [-0.3, -0.25) is 14.5 Å². The van der Waals surface area contributed by atoms with Crippen molar-refractivity contribution in [1.29, 1.82) is 0 Å². The fourth-order valence-electron chi connectivity index (χ4n) is 4.13. The van der Waals surface area contributed by atoms with E-state index in [9.17, 15) is 14.4 Å². The van der Waals surface area contributed by atoms with Gasteiger partial charge in [0.1, 0.15) is 17.1 Å². The van der Waals surface area contributed by atoms with Gasteiger partial charge in [0.2, 0.25) is 0 Å². The van der Waals surface area contributed by atoms with E-state index < -0.39 is 29.4 Å². The van der Waals surface area contributed by atoms with Crippen LogP contribution in [0.4, 0.5) is 0 Å². The predicted octanol–water partition coefficient (Wildman–Crippen LogP) is 4.48. The van der Waals surface area contributed by atoms with Crippen LogP contribution in [0.1, 0.15) is 27.6 Å². The summed E-state index contributed by atoms with van der Waals surface area (Å²) >= 11 is 7.83. The summed E-state index contributed by atoms with van der Waals surface area (Å²) in [6.45, 7) is 0. The number of β-lactam (4-membered cyclic amide) rings is 1. The number of carbonyl (C=O) groups excluding carboxylic acids is 3. The summed E-state index contributed by atoms with van der Waals surface area (Å²) in [5.41, 5.74) is 2.09. The van der Waals surface area contributed by atoms with Gasteiger partial charge in [-0.1, -0.05) is 90.5 Å². The van der Waals surface area contributed by atoms with Crippen LogP contribution >= 0.6 is 23.4 Å². The summed E-state index contributed by atoms with van der Waals surface area (Å²) in [6, 6.07) is 26.7. The Morgan fingerprint density at radius 2 is 1.46 bits per heavy atom. The zero-order valence-electron chi connectivity index (χ0n) is 18.5. The molecule has 1 fully saturated rings. The average molecular weight is 505 g/mol. The highest BCUT2D eigenvalue weighted by atomic mass is 35.5. The highest BCUT2D eigenvalue weighted by Gasteiger charge is 2.54. The molecule has 176 valence electrons. The molecule has 2 aliphatic rings.